The van der Waals surface area contributed by atoms with Crippen molar-refractivity contribution in [3.05, 3.63) is 63.3 Å². The molecule has 6 heteroatoms. The highest BCUT2D eigenvalue weighted by molar-refractivity contribution is 9.10. The zero-order valence-corrected chi connectivity index (χ0v) is 16.7. The number of hydrogen-bond acceptors (Lipinski definition) is 4. The Morgan fingerprint density at radius 3 is 2.78 bits per heavy atom. The lowest BCUT2D eigenvalue weighted by Gasteiger charge is -2.30. The summed E-state index contributed by atoms with van der Waals surface area (Å²) in [5.41, 5.74) is 1.96. The van der Waals surface area contributed by atoms with Crippen molar-refractivity contribution in [2.24, 2.45) is 0 Å². The van der Waals surface area contributed by atoms with Crippen molar-refractivity contribution in [3.8, 4) is 11.5 Å². The van der Waals surface area contributed by atoms with Crippen LogP contribution in [0.2, 0.25) is 0 Å². The molecule has 140 valence electrons. The van der Waals surface area contributed by atoms with E-state index in [9.17, 15) is 9.90 Å². The largest absolute Gasteiger partial charge is 0.872 e. The number of fused-ring (bicyclic) bond motifs is 1. The van der Waals surface area contributed by atoms with Gasteiger partial charge >= 0.3 is 0 Å². The molecule has 0 spiro atoms. The summed E-state index contributed by atoms with van der Waals surface area (Å²) in [4.78, 5) is 16.4. The lowest BCUT2D eigenvalue weighted by molar-refractivity contribution is -0.918. The number of benzene rings is 2. The Balaban J connectivity index is 1.63. The minimum Gasteiger partial charge on any atom is -0.872 e. The Labute approximate surface area is 167 Å². The molecule has 2 aromatic carbocycles. The molecule has 2 aliphatic rings. The molecule has 0 saturated carbocycles. The lowest BCUT2D eigenvalue weighted by atomic mass is 10.0. The summed E-state index contributed by atoms with van der Waals surface area (Å²) < 4.78 is 6.84. The monoisotopic (exact) mass is 428 g/mol. The predicted octanol–water partition coefficient (Wildman–Crippen LogP) is 1.47. The molecule has 1 fully saturated rings. The van der Waals surface area contributed by atoms with Crippen LogP contribution in [0.15, 0.2) is 46.6 Å². The number of Topliss-reactive ketones (excluding diaryl/α,β-unsaturated/α-hetero) is 1. The first kappa shape index (κ1) is 18.2. The molecule has 2 heterocycles. The molecule has 0 aromatic heterocycles. The molecule has 4 rings (SSSR count). The summed E-state index contributed by atoms with van der Waals surface area (Å²) in [7, 11) is 2.11. The van der Waals surface area contributed by atoms with Gasteiger partial charge in [-0.15, -0.1) is 0 Å². The van der Waals surface area contributed by atoms with Crippen molar-refractivity contribution in [1.29, 1.82) is 0 Å². The average Bonchev–Trinajstić information content (AvgIpc) is 2.95. The van der Waals surface area contributed by atoms with E-state index in [0.717, 1.165) is 36.2 Å². The van der Waals surface area contributed by atoms with Crippen molar-refractivity contribution in [1.82, 2.24) is 4.90 Å². The molecule has 0 amide bonds. The number of carbonyl (C=O) groups is 1. The zero-order valence-electron chi connectivity index (χ0n) is 15.1. The van der Waals surface area contributed by atoms with Crippen LogP contribution in [0.5, 0.6) is 11.5 Å². The number of halogens is 1. The first-order chi connectivity index (χ1) is 13.0. The van der Waals surface area contributed by atoms with E-state index >= 15 is 0 Å². The maximum Gasteiger partial charge on any atom is 0.231 e. The second kappa shape index (κ2) is 7.46. The van der Waals surface area contributed by atoms with Crippen LogP contribution in [0.25, 0.3) is 6.08 Å². The van der Waals surface area contributed by atoms with Gasteiger partial charge in [0.2, 0.25) is 5.78 Å². The first-order valence-corrected chi connectivity index (χ1v) is 9.85. The number of hydrogen-bond donors (Lipinski definition) is 1. The third kappa shape index (κ3) is 3.78. The van der Waals surface area contributed by atoms with Crippen molar-refractivity contribution >= 4 is 27.8 Å². The maximum atomic E-state index is 12.8. The van der Waals surface area contributed by atoms with E-state index in [0.29, 0.717) is 23.4 Å². The number of nitrogens with one attached hydrogen (secondary N) is 1. The molecule has 1 saturated heterocycles. The smallest absolute Gasteiger partial charge is 0.231 e. The SMILES string of the molecule is CN1CC[NH+](Cc2c([O-])ccc3c2OC(=Cc2cccc(Br)c2)C3=O)CC1. The minimum atomic E-state index is -0.167. The highest BCUT2D eigenvalue weighted by atomic mass is 79.9. The fourth-order valence-corrected chi connectivity index (χ4v) is 3.98. The minimum absolute atomic E-state index is 0.0586. The van der Waals surface area contributed by atoms with Crippen LogP contribution in [0.1, 0.15) is 21.5 Å². The molecule has 27 heavy (non-hydrogen) atoms. The number of rotatable bonds is 3. The van der Waals surface area contributed by atoms with E-state index in [-0.39, 0.29) is 17.3 Å². The second-order valence-corrected chi connectivity index (χ2v) is 8.06. The van der Waals surface area contributed by atoms with Crippen LogP contribution in [0.4, 0.5) is 0 Å². The highest BCUT2D eigenvalue weighted by Gasteiger charge is 2.31. The van der Waals surface area contributed by atoms with Gasteiger partial charge in [0.1, 0.15) is 12.3 Å². The molecular formula is C21H21BrN2O3. The van der Waals surface area contributed by atoms with E-state index in [4.69, 9.17) is 4.74 Å². The van der Waals surface area contributed by atoms with Gasteiger partial charge in [0.05, 0.1) is 18.7 Å². The quantitative estimate of drug-likeness (QED) is 0.752. The Morgan fingerprint density at radius 2 is 2.04 bits per heavy atom. The number of likely N-dealkylation sites (N-methyl/N-ethyl adjacent to an activating group) is 1. The van der Waals surface area contributed by atoms with Crippen molar-refractivity contribution in [3.63, 3.8) is 0 Å². The summed E-state index contributed by atoms with van der Waals surface area (Å²) in [6, 6.07) is 10.7. The third-order valence-electron chi connectivity index (χ3n) is 5.17. The van der Waals surface area contributed by atoms with Crippen molar-refractivity contribution in [2.45, 2.75) is 6.54 Å². The van der Waals surface area contributed by atoms with E-state index < -0.39 is 0 Å². The van der Waals surface area contributed by atoms with Gasteiger partial charge in [-0.25, -0.2) is 0 Å². The number of ketones is 1. The number of quaternary nitrogens is 1. The molecule has 1 N–H and O–H groups in total. The molecule has 0 bridgehead atoms. The summed E-state index contributed by atoms with van der Waals surface area (Å²) in [5.74, 6) is 0.486. The van der Waals surface area contributed by atoms with Gasteiger partial charge in [0.25, 0.3) is 0 Å². The van der Waals surface area contributed by atoms with E-state index in [1.54, 1.807) is 12.1 Å². The number of carbonyl (C=O) groups excluding carboxylic acids is 1. The maximum absolute atomic E-state index is 12.8. The summed E-state index contributed by atoms with van der Waals surface area (Å²) >= 11 is 3.43. The van der Waals surface area contributed by atoms with Crippen LogP contribution < -0.4 is 14.7 Å². The Hall–Kier alpha value is -2.15. The molecule has 2 aromatic rings. The van der Waals surface area contributed by atoms with Gasteiger partial charge in [-0.05, 0) is 36.9 Å². The van der Waals surface area contributed by atoms with E-state index in [1.807, 2.05) is 24.3 Å². The molecule has 0 aliphatic carbocycles. The molecule has 0 unspecified atom stereocenters. The topological polar surface area (TPSA) is 57.0 Å². The number of piperazine rings is 1. The highest BCUT2D eigenvalue weighted by Crippen LogP contribution is 2.38. The molecular weight excluding hydrogens is 408 g/mol. The Bertz CT molecular complexity index is 918. The summed E-state index contributed by atoms with van der Waals surface area (Å²) in [5, 5.41) is 12.5. The van der Waals surface area contributed by atoms with Gasteiger partial charge in [0.15, 0.2) is 5.76 Å². The third-order valence-corrected chi connectivity index (χ3v) is 5.66. The molecule has 5 nitrogen and oxygen atoms in total. The normalized spacial score (nSPS) is 19.3. The van der Waals surface area contributed by atoms with Gasteiger partial charge in [-0.3, -0.25) is 9.69 Å². The Morgan fingerprint density at radius 1 is 1.26 bits per heavy atom. The lowest BCUT2D eigenvalue weighted by Crippen LogP contribution is -3.13. The van der Waals surface area contributed by atoms with Gasteiger partial charge in [-0.2, -0.15) is 0 Å². The van der Waals surface area contributed by atoms with Gasteiger partial charge < -0.3 is 14.7 Å². The fraction of sp³-hybridized carbons (Fsp3) is 0.286. The van der Waals surface area contributed by atoms with Crippen molar-refractivity contribution in [2.75, 3.05) is 33.2 Å². The van der Waals surface area contributed by atoms with Crippen LogP contribution in [0.3, 0.4) is 0 Å². The summed E-state index contributed by atoms with van der Waals surface area (Å²) in [6.07, 6.45) is 1.73. The molecule has 0 atom stereocenters. The van der Waals surface area contributed by atoms with Gasteiger partial charge in [0, 0.05) is 23.1 Å². The molecule has 2 aliphatic heterocycles. The van der Waals surface area contributed by atoms with Crippen LogP contribution >= 0.6 is 15.9 Å². The van der Waals surface area contributed by atoms with Crippen LogP contribution in [0, 0.1) is 0 Å². The Kier molecular flexibility index (Phi) is 5.04. The zero-order chi connectivity index (χ0) is 19.0. The number of allylic oxidation sites excluding steroid dienone is 1. The number of nitrogens with zero attached hydrogens (tertiary/aromatic N) is 1. The standard InChI is InChI=1S/C21H21BrN2O3/c1-23-7-9-24(10-8-23)13-17-18(25)6-5-16-20(26)19(27-21(16)17)12-14-3-2-4-15(22)11-14/h2-6,11-12,25H,7-10,13H2,1H3. The molecule has 0 radical (unpaired) electrons. The van der Waals surface area contributed by atoms with E-state index in [1.165, 1.54) is 11.0 Å². The number of ether oxygens (including phenoxy) is 1. The predicted molar refractivity (Wildman–Crippen MR) is 105 cm³/mol. The first-order valence-electron chi connectivity index (χ1n) is 9.06. The fourth-order valence-electron chi connectivity index (χ4n) is 3.57. The van der Waals surface area contributed by atoms with Crippen LogP contribution in [-0.4, -0.2) is 43.9 Å². The average molecular weight is 429 g/mol. The second-order valence-electron chi connectivity index (χ2n) is 7.14. The van der Waals surface area contributed by atoms with Crippen molar-refractivity contribution < 1.29 is 19.5 Å². The van der Waals surface area contributed by atoms with Gasteiger partial charge in [-0.1, -0.05) is 39.9 Å². The van der Waals surface area contributed by atoms with E-state index in [2.05, 4.69) is 27.9 Å². The van der Waals surface area contributed by atoms with Crippen LogP contribution in [-0.2, 0) is 6.54 Å². The summed E-state index contributed by atoms with van der Waals surface area (Å²) in [6.45, 7) is 4.56.